The number of esters is 1. The fourth-order valence-electron chi connectivity index (χ4n) is 3.71. The van der Waals surface area contributed by atoms with Gasteiger partial charge in [-0.3, -0.25) is 0 Å². The van der Waals surface area contributed by atoms with Gasteiger partial charge in [-0.1, -0.05) is 88.1 Å². The molecule has 0 amide bonds. The van der Waals surface area contributed by atoms with Crippen LogP contribution in [0.1, 0.15) is 73.9 Å². The Morgan fingerprint density at radius 1 is 0.613 bits per heavy atom. The fraction of sp³-hybridized carbons (Fsp3) is 0.345. The highest BCUT2D eigenvalue weighted by Crippen LogP contribution is 2.22. The normalized spacial score (nSPS) is 10.8. The number of benzene rings is 3. The zero-order valence-electron chi connectivity index (χ0n) is 18.9. The number of hydrogen-bond donors (Lipinski definition) is 0. The number of hydrogen-bond acceptors (Lipinski definition) is 2. The van der Waals surface area contributed by atoms with Gasteiger partial charge in [-0.05, 0) is 72.2 Å². The van der Waals surface area contributed by atoms with Crippen LogP contribution in [0, 0.1) is 0 Å². The monoisotopic (exact) mass is 414 g/mol. The maximum atomic E-state index is 12.5. The molecule has 0 fully saturated rings. The van der Waals surface area contributed by atoms with Gasteiger partial charge in [0.05, 0.1) is 5.56 Å². The summed E-state index contributed by atoms with van der Waals surface area (Å²) in [6.07, 6.45) is 9.65. The van der Waals surface area contributed by atoms with Crippen molar-refractivity contribution in [1.82, 2.24) is 0 Å². The lowest BCUT2D eigenvalue weighted by atomic mass is 10.0. The Morgan fingerprint density at radius 3 is 1.55 bits per heavy atom. The van der Waals surface area contributed by atoms with Crippen LogP contribution >= 0.6 is 0 Å². The van der Waals surface area contributed by atoms with E-state index >= 15 is 0 Å². The summed E-state index contributed by atoms with van der Waals surface area (Å²) in [5.74, 6) is 0.267. The summed E-state index contributed by atoms with van der Waals surface area (Å²) in [6, 6.07) is 24.3. The van der Waals surface area contributed by atoms with Crippen molar-refractivity contribution in [2.24, 2.45) is 0 Å². The standard InChI is InChI=1S/C29H34O2/c1-3-5-7-9-23-11-15-25(16-12-23)26-17-19-27(20-18-26)29(30)31-28-21-13-24(14-22-28)10-8-6-4-2/h11-22H,3-10H2,1-2H3. The number of aryl methyl sites for hydroxylation is 2. The van der Waals surface area contributed by atoms with E-state index in [1.54, 1.807) is 0 Å². The largest absolute Gasteiger partial charge is 0.423 e. The van der Waals surface area contributed by atoms with E-state index in [-0.39, 0.29) is 5.97 Å². The van der Waals surface area contributed by atoms with Crippen LogP contribution < -0.4 is 4.74 Å². The molecular formula is C29H34O2. The Labute approximate surface area is 187 Å². The lowest BCUT2D eigenvalue weighted by Gasteiger charge is -2.08. The number of rotatable bonds is 11. The maximum absolute atomic E-state index is 12.5. The van der Waals surface area contributed by atoms with E-state index in [4.69, 9.17) is 4.74 Å². The summed E-state index contributed by atoms with van der Waals surface area (Å²) in [4.78, 5) is 12.5. The summed E-state index contributed by atoms with van der Waals surface area (Å²) >= 11 is 0. The third kappa shape index (κ3) is 7.10. The molecule has 0 aliphatic rings. The summed E-state index contributed by atoms with van der Waals surface area (Å²) < 4.78 is 5.55. The van der Waals surface area contributed by atoms with Crippen molar-refractivity contribution in [2.75, 3.05) is 0 Å². The first-order valence-electron chi connectivity index (χ1n) is 11.7. The number of unbranched alkanes of at least 4 members (excludes halogenated alkanes) is 4. The first-order valence-corrected chi connectivity index (χ1v) is 11.7. The van der Waals surface area contributed by atoms with Gasteiger partial charge in [0.25, 0.3) is 0 Å². The highest BCUT2D eigenvalue weighted by Gasteiger charge is 2.09. The quantitative estimate of drug-likeness (QED) is 0.180. The first kappa shape index (κ1) is 22.8. The number of ether oxygens (including phenoxy) is 1. The minimum absolute atomic E-state index is 0.323. The molecule has 0 spiro atoms. The van der Waals surface area contributed by atoms with Gasteiger partial charge >= 0.3 is 5.97 Å². The van der Waals surface area contributed by atoms with E-state index < -0.39 is 0 Å². The van der Waals surface area contributed by atoms with Crippen LogP contribution in [0.3, 0.4) is 0 Å². The van der Waals surface area contributed by atoms with Crippen molar-refractivity contribution in [2.45, 2.75) is 65.2 Å². The Bertz CT molecular complexity index is 922. The van der Waals surface area contributed by atoms with Crippen LogP contribution in [0.25, 0.3) is 11.1 Å². The van der Waals surface area contributed by atoms with Crippen molar-refractivity contribution in [3.63, 3.8) is 0 Å². The molecule has 0 heterocycles. The molecule has 0 atom stereocenters. The highest BCUT2D eigenvalue weighted by atomic mass is 16.5. The van der Waals surface area contributed by atoms with E-state index in [0.717, 1.165) is 24.0 Å². The fourth-order valence-corrected chi connectivity index (χ4v) is 3.71. The topological polar surface area (TPSA) is 26.3 Å². The lowest BCUT2D eigenvalue weighted by molar-refractivity contribution is 0.0734. The van der Waals surface area contributed by atoms with Crippen molar-refractivity contribution in [1.29, 1.82) is 0 Å². The predicted octanol–water partition coefficient (Wildman–Crippen LogP) is 8.04. The average molecular weight is 415 g/mol. The Kier molecular flexibility index (Phi) is 8.90. The Morgan fingerprint density at radius 2 is 1.06 bits per heavy atom. The van der Waals surface area contributed by atoms with Gasteiger partial charge in [-0.15, -0.1) is 0 Å². The molecule has 3 rings (SSSR count). The highest BCUT2D eigenvalue weighted by molar-refractivity contribution is 5.91. The molecule has 0 aromatic heterocycles. The molecule has 0 radical (unpaired) electrons. The van der Waals surface area contributed by atoms with Crippen LogP contribution in [-0.2, 0) is 12.8 Å². The second-order valence-corrected chi connectivity index (χ2v) is 8.22. The summed E-state index contributed by atoms with van der Waals surface area (Å²) in [5, 5.41) is 0. The molecule has 0 saturated heterocycles. The lowest BCUT2D eigenvalue weighted by Crippen LogP contribution is -2.08. The van der Waals surface area contributed by atoms with Crippen molar-refractivity contribution in [3.05, 3.63) is 89.5 Å². The van der Waals surface area contributed by atoms with Gasteiger partial charge in [0.1, 0.15) is 5.75 Å². The Hall–Kier alpha value is -2.87. The summed E-state index contributed by atoms with van der Waals surface area (Å²) in [6.45, 7) is 4.44. The molecule has 3 aromatic rings. The molecule has 0 N–H and O–H groups in total. The predicted molar refractivity (Wildman–Crippen MR) is 130 cm³/mol. The van der Waals surface area contributed by atoms with Crippen molar-refractivity contribution in [3.8, 4) is 16.9 Å². The smallest absolute Gasteiger partial charge is 0.343 e. The van der Waals surface area contributed by atoms with Gasteiger partial charge < -0.3 is 4.74 Å². The van der Waals surface area contributed by atoms with Crippen LogP contribution in [0.5, 0.6) is 5.75 Å². The Balaban J connectivity index is 1.56. The second kappa shape index (κ2) is 12.1. The molecule has 2 nitrogen and oxygen atoms in total. The van der Waals surface area contributed by atoms with Gasteiger partial charge in [-0.2, -0.15) is 0 Å². The molecular weight excluding hydrogens is 380 g/mol. The molecule has 0 aliphatic heterocycles. The number of carbonyl (C=O) groups excluding carboxylic acids is 1. The minimum Gasteiger partial charge on any atom is -0.423 e. The van der Waals surface area contributed by atoms with Crippen LogP contribution in [-0.4, -0.2) is 5.97 Å². The van der Waals surface area contributed by atoms with E-state index in [2.05, 4.69) is 38.1 Å². The van der Waals surface area contributed by atoms with Crippen LogP contribution in [0.15, 0.2) is 72.8 Å². The summed E-state index contributed by atoms with van der Waals surface area (Å²) in [5.41, 5.74) is 5.50. The van der Waals surface area contributed by atoms with Crippen molar-refractivity contribution < 1.29 is 9.53 Å². The number of carbonyl (C=O) groups is 1. The van der Waals surface area contributed by atoms with Crippen LogP contribution in [0.4, 0.5) is 0 Å². The second-order valence-electron chi connectivity index (χ2n) is 8.22. The van der Waals surface area contributed by atoms with E-state index in [1.807, 2.05) is 48.5 Å². The van der Waals surface area contributed by atoms with Crippen LogP contribution in [0.2, 0.25) is 0 Å². The molecule has 0 aliphatic carbocycles. The third-order valence-corrected chi connectivity index (χ3v) is 5.68. The average Bonchev–Trinajstić information content (AvgIpc) is 2.81. The van der Waals surface area contributed by atoms with Gasteiger partial charge in [-0.25, -0.2) is 4.79 Å². The van der Waals surface area contributed by atoms with E-state index in [1.165, 1.54) is 49.7 Å². The molecule has 0 saturated carbocycles. The zero-order chi connectivity index (χ0) is 21.9. The maximum Gasteiger partial charge on any atom is 0.343 e. The molecule has 0 bridgehead atoms. The SMILES string of the molecule is CCCCCc1ccc(OC(=O)c2ccc(-c3ccc(CCCCC)cc3)cc2)cc1. The van der Waals surface area contributed by atoms with Crippen molar-refractivity contribution >= 4 is 5.97 Å². The summed E-state index contributed by atoms with van der Waals surface area (Å²) in [7, 11) is 0. The molecule has 3 aromatic carbocycles. The molecule has 2 heteroatoms. The minimum atomic E-state index is -0.323. The molecule has 0 unspecified atom stereocenters. The first-order chi connectivity index (χ1) is 15.2. The zero-order valence-corrected chi connectivity index (χ0v) is 18.9. The van der Waals surface area contributed by atoms with Gasteiger partial charge in [0.15, 0.2) is 0 Å². The van der Waals surface area contributed by atoms with Gasteiger partial charge in [0.2, 0.25) is 0 Å². The third-order valence-electron chi connectivity index (χ3n) is 5.68. The van der Waals surface area contributed by atoms with E-state index in [0.29, 0.717) is 11.3 Å². The van der Waals surface area contributed by atoms with E-state index in [9.17, 15) is 4.79 Å². The molecule has 162 valence electrons. The van der Waals surface area contributed by atoms with Gasteiger partial charge in [0, 0.05) is 0 Å². The molecule has 31 heavy (non-hydrogen) atoms.